The zero-order chi connectivity index (χ0) is 23.4. The number of hydrogen-bond acceptors (Lipinski definition) is 6. The highest BCUT2D eigenvalue weighted by Gasteiger charge is 2.26. The predicted molar refractivity (Wildman–Crippen MR) is 130 cm³/mol. The summed E-state index contributed by atoms with van der Waals surface area (Å²) in [5.74, 6) is 0.490. The van der Waals surface area contributed by atoms with Gasteiger partial charge in [-0.15, -0.1) is 0 Å². The van der Waals surface area contributed by atoms with Gasteiger partial charge in [-0.25, -0.2) is 4.39 Å². The number of aliphatic imine (C=N–C) groups is 1. The van der Waals surface area contributed by atoms with Gasteiger partial charge in [0.15, 0.2) is 0 Å². The molecular weight excluding hydrogens is 417 g/mol. The minimum atomic E-state index is -0.473. The van der Waals surface area contributed by atoms with Gasteiger partial charge in [-0.05, 0) is 76.0 Å². The molecule has 0 amide bonds. The number of anilines is 1. The van der Waals surface area contributed by atoms with Crippen molar-refractivity contribution in [1.29, 1.82) is 5.26 Å². The highest BCUT2D eigenvalue weighted by Crippen LogP contribution is 2.42. The molecule has 1 unspecified atom stereocenters. The van der Waals surface area contributed by atoms with Gasteiger partial charge >= 0.3 is 0 Å². The van der Waals surface area contributed by atoms with E-state index in [1.165, 1.54) is 18.2 Å². The Bertz CT molecular complexity index is 1110. The van der Waals surface area contributed by atoms with Crippen molar-refractivity contribution in [3.63, 3.8) is 0 Å². The number of allylic oxidation sites excluding steroid dienone is 1. The molecular formula is C26H30FN5O. The molecule has 3 N–H and O–H groups in total. The van der Waals surface area contributed by atoms with E-state index < -0.39 is 5.82 Å². The van der Waals surface area contributed by atoms with E-state index in [2.05, 4.69) is 30.3 Å². The number of halogens is 1. The fourth-order valence-electron chi connectivity index (χ4n) is 4.45. The standard InChI is InChI=1S/C26H30FN5O/c1-17-3-5-23-24(32(17)2)7-6-22(19(15-29)16-31-21-9-11-30-12-10-21)26(23)33-25-8-4-20(27)13-18(25)14-28/h4,6-8,13,15-17,21,30H,3,5,9-12,29H2,1-2H3. The van der Waals surface area contributed by atoms with Gasteiger partial charge in [-0.1, -0.05) is 0 Å². The Morgan fingerprint density at radius 2 is 2.06 bits per heavy atom. The van der Waals surface area contributed by atoms with Crippen LogP contribution in [-0.4, -0.2) is 38.4 Å². The van der Waals surface area contributed by atoms with E-state index >= 15 is 0 Å². The van der Waals surface area contributed by atoms with Gasteiger partial charge in [0.25, 0.3) is 0 Å². The van der Waals surface area contributed by atoms with E-state index in [9.17, 15) is 9.65 Å². The summed E-state index contributed by atoms with van der Waals surface area (Å²) in [4.78, 5) is 7.02. The van der Waals surface area contributed by atoms with E-state index in [4.69, 9.17) is 15.5 Å². The third kappa shape index (κ3) is 4.86. The van der Waals surface area contributed by atoms with Crippen LogP contribution in [0.3, 0.4) is 0 Å². The van der Waals surface area contributed by atoms with Crippen LogP contribution in [0.5, 0.6) is 11.5 Å². The summed E-state index contributed by atoms with van der Waals surface area (Å²) in [7, 11) is 2.07. The first-order chi connectivity index (χ1) is 16.0. The Hall–Kier alpha value is -3.37. The predicted octanol–water partition coefficient (Wildman–Crippen LogP) is 4.38. The topological polar surface area (TPSA) is 86.7 Å². The van der Waals surface area contributed by atoms with Gasteiger partial charge in [0.1, 0.15) is 23.4 Å². The fraction of sp³-hybridized carbons (Fsp3) is 0.385. The third-order valence-corrected chi connectivity index (χ3v) is 6.59. The highest BCUT2D eigenvalue weighted by atomic mass is 19.1. The van der Waals surface area contributed by atoms with Gasteiger partial charge in [0.2, 0.25) is 0 Å². The summed E-state index contributed by atoms with van der Waals surface area (Å²) in [6.45, 7) is 4.12. The molecule has 7 heteroatoms. The average Bonchev–Trinajstić information content (AvgIpc) is 2.84. The summed E-state index contributed by atoms with van der Waals surface area (Å²) in [6, 6.07) is 10.8. The molecule has 1 saturated heterocycles. The van der Waals surface area contributed by atoms with E-state index in [1.54, 1.807) is 6.20 Å². The minimum Gasteiger partial charge on any atom is -0.455 e. The summed E-state index contributed by atoms with van der Waals surface area (Å²) >= 11 is 0. The second-order valence-electron chi connectivity index (χ2n) is 8.67. The Kier molecular flexibility index (Phi) is 6.95. The molecule has 0 bridgehead atoms. The van der Waals surface area contributed by atoms with E-state index in [0.717, 1.165) is 61.2 Å². The van der Waals surface area contributed by atoms with Gasteiger partial charge in [-0.3, -0.25) is 4.99 Å². The number of nitrogens with one attached hydrogen (secondary N) is 1. The van der Waals surface area contributed by atoms with Crippen molar-refractivity contribution < 1.29 is 9.13 Å². The van der Waals surface area contributed by atoms with E-state index in [1.807, 2.05) is 18.4 Å². The second-order valence-corrected chi connectivity index (χ2v) is 8.67. The van der Waals surface area contributed by atoms with Gasteiger partial charge in [-0.2, -0.15) is 5.26 Å². The van der Waals surface area contributed by atoms with Gasteiger partial charge < -0.3 is 20.7 Å². The van der Waals surface area contributed by atoms with Crippen molar-refractivity contribution in [3.05, 3.63) is 59.0 Å². The molecule has 4 rings (SSSR count). The molecule has 0 aliphatic carbocycles. The van der Waals surface area contributed by atoms with Crippen LogP contribution >= 0.6 is 0 Å². The van der Waals surface area contributed by atoms with Gasteiger partial charge in [0.05, 0.1) is 11.6 Å². The zero-order valence-electron chi connectivity index (χ0n) is 19.1. The maximum absolute atomic E-state index is 13.7. The van der Waals surface area contributed by atoms with Crippen molar-refractivity contribution in [2.45, 2.75) is 44.7 Å². The first kappa shape index (κ1) is 22.8. The van der Waals surface area contributed by atoms with Crippen LogP contribution in [0.4, 0.5) is 10.1 Å². The van der Waals surface area contributed by atoms with Crippen LogP contribution in [-0.2, 0) is 6.42 Å². The van der Waals surface area contributed by atoms with E-state index in [0.29, 0.717) is 17.5 Å². The summed E-state index contributed by atoms with van der Waals surface area (Å²) in [5.41, 5.74) is 9.90. The van der Waals surface area contributed by atoms with Crippen LogP contribution in [0.2, 0.25) is 0 Å². The van der Waals surface area contributed by atoms with Crippen LogP contribution in [0.1, 0.15) is 42.9 Å². The molecule has 172 valence electrons. The Morgan fingerprint density at radius 1 is 1.27 bits per heavy atom. The van der Waals surface area contributed by atoms with Gasteiger partial charge in [0, 0.05) is 47.9 Å². The fourth-order valence-corrected chi connectivity index (χ4v) is 4.45. The molecule has 0 radical (unpaired) electrons. The first-order valence-corrected chi connectivity index (χ1v) is 11.4. The molecule has 0 spiro atoms. The first-order valence-electron chi connectivity index (χ1n) is 11.4. The van der Waals surface area contributed by atoms with Crippen molar-refractivity contribution >= 4 is 17.5 Å². The highest BCUT2D eigenvalue weighted by molar-refractivity contribution is 6.11. The second kappa shape index (κ2) is 10.1. The lowest BCUT2D eigenvalue weighted by molar-refractivity contribution is 0.460. The van der Waals surface area contributed by atoms with Crippen LogP contribution in [0.25, 0.3) is 5.57 Å². The summed E-state index contributed by atoms with van der Waals surface area (Å²) in [6.07, 6.45) is 7.16. The molecule has 1 atom stereocenters. The number of piperidine rings is 1. The number of fused-ring (bicyclic) bond motifs is 1. The number of rotatable bonds is 5. The third-order valence-electron chi connectivity index (χ3n) is 6.59. The van der Waals surface area contributed by atoms with Crippen molar-refractivity contribution in [2.75, 3.05) is 25.0 Å². The maximum atomic E-state index is 13.7. The molecule has 2 aliphatic heterocycles. The Morgan fingerprint density at radius 3 is 2.79 bits per heavy atom. The SMILES string of the molecule is CC1CCc2c(ccc(C(C=NC3CCNCC3)=CN)c2Oc2ccc(F)cc2C#N)N1C. The Balaban J connectivity index is 1.78. The molecule has 2 aromatic carbocycles. The molecule has 0 aromatic heterocycles. The number of nitrogens with two attached hydrogens (primary N) is 1. The molecule has 1 fully saturated rings. The normalized spacial score (nSPS) is 19.4. The number of hydrogen-bond donors (Lipinski definition) is 2. The van der Waals surface area contributed by atoms with Crippen molar-refractivity contribution in [2.24, 2.45) is 10.7 Å². The monoisotopic (exact) mass is 447 g/mol. The number of nitrogens with zero attached hydrogens (tertiary/aromatic N) is 3. The average molecular weight is 448 g/mol. The molecule has 33 heavy (non-hydrogen) atoms. The largest absolute Gasteiger partial charge is 0.455 e. The molecule has 0 saturated carbocycles. The summed E-state index contributed by atoms with van der Waals surface area (Å²) in [5, 5.41) is 12.9. The van der Waals surface area contributed by atoms with E-state index in [-0.39, 0.29) is 11.6 Å². The Labute approximate surface area is 194 Å². The smallest absolute Gasteiger partial charge is 0.145 e. The molecule has 6 nitrogen and oxygen atoms in total. The molecule has 2 aliphatic rings. The van der Waals surface area contributed by atoms with Crippen LogP contribution < -0.4 is 20.7 Å². The number of ether oxygens (including phenoxy) is 1. The van der Waals surface area contributed by atoms with Crippen molar-refractivity contribution in [1.82, 2.24) is 5.32 Å². The number of nitriles is 1. The van der Waals surface area contributed by atoms with Crippen LogP contribution in [0, 0.1) is 17.1 Å². The molecule has 2 aromatic rings. The molecule has 2 heterocycles. The lowest BCUT2D eigenvalue weighted by Gasteiger charge is -2.35. The summed E-state index contributed by atoms with van der Waals surface area (Å²) < 4.78 is 20.1. The quantitative estimate of drug-likeness (QED) is 0.664. The maximum Gasteiger partial charge on any atom is 0.145 e. The minimum absolute atomic E-state index is 0.151. The van der Waals surface area contributed by atoms with Crippen molar-refractivity contribution in [3.8, 4) is 17.6 Å². The zero-order valence-corrected chi connectivity index (χ0v) is 19.1. The number of benzene rings is 2. The lowest BCUT2D eigenvalue weighted by atomic mass is 9.92. The van der Waals surface area contributed by atoms with Crippen LogP contribution in [0.15, 0.2) is 41.5 Å². The lowest BCUT2D eigenvalue weighted by Crippen LogP contribution is -2.33.